The van der Waals surface area contributed by atoms with E-state index in [0.29, 0.717) is 10.9 Å². The molecule has 1 aliphatic rings. The maximum absolute atomic E-state index is 12.9. The number of nitrogens with one attached hydrogen (secondary N) is 1. The first kappa shape index (κ1) is 21.3. The molecule has 1 fully saturated rings. The third-order valence-corrected chi connectivity index (χ3v) is 6.61. The van der Waals surface area contributed by atoms with Gasteiger partial charge in [-0.3, -0.25) is 18.7 Å². The summed E-state index contributed by atoms with van der Waals surface area (Å²) < 4.78 is 2.39. The highest BCUT2D eigenvalue weighted by Crippen LogP contribution is 2.26. The van der Waals surface area contributed by atoms with Crippen molar-refractivity contribution in [2.45, 2.75) is 43.7 Å². The Balaban J connectivity index is 1.77. The number of benzene rings is 1. The molecule has 1 N–H and O–H groups in total. The monoisotopic (exact) mass is 439 g/mol. The largest absolute Gasteiger partial charge is 0.353 e. The topological polar surface area (TPSA) is 98.9 Å². The van der Waals surface area contributed by atoms with Gasteiger partial charge in [-0.1, -0.05) is 54.4 Å². The molecular weight excluding hydrogens is 414 g/mol. The molecule has 2 heterocycles. The first-order valence-electron chi connectivity index (χ1n) is 10.3. The molecule has 0 atom stereocenters. The van der Waals surface area contributed by atoms with E-state index >= 15 is 0 Å². The van der Waals surface area contributed by atoms with Crippen molar-refractivity contribution in [3.8, 4) is 11.4 Å². The lowest BCUT2D eigenvalue weighted by molar-refractivity contribution is -0.119. The Morgan fingerprint density at radius 3 is 2.45 bits per heavy atom. The van der Waals surface area contributed by atoms with Crippen LogP contribution in [0.2, 0.25) is 0 Å². The third kappa shape index (κ3) is 4.27. The molecule has 1 aliphatic carbocycles. The zero-order chi connectivity index (χ0) is 22.1. The number of amides is 1. The Hall–Kier alpha value is -2.94. The normalized spacial score (nSPS) is 14.3. The highest BCUT2D eigenvalue weighted by molar-refractivity contribution is 8.00. The first-order valence-corrected chi connectivity index (χ1v) is 11.3. The molecule has 1 saturated carbocycles. The predicted molar refractivity (Wildman–Crippen MR) is 121 cm³/mol. The summed E-state index contributed by atoms with van der Waals surface area (Å²) in [4.78, 5) is 47.0. The SMILES string of the molecule is Cc1ccc(-c2nc(SCC(=O)NC3CCCC3)c3c(=O)n(C)c(=O)n(C)c3n2)cc1. The number of hydrogen-bond donors (Lipinski definition) is 1. The van der Waals surface area contributed by atoms with Gasteiger partial charge in [0.15, 0.2) is 11.5 Å². The maximum Gasteiger partial charge on any atom is 0.332 e. The van der Waals surface area contributed by atoms with Crippen LogP contribution in [-0.4, -0.2) is 36.8 Å². The van der Waals surface area contributed by atoms with Crippen LogP contribution in [0.3, 0.4) is 0 Å². The van der Waals surface area contributed by atoms with E-state index in [1.165, 1.54) is 23.4 Å². The molecule has 2 aromatic heterocycles. The van der Waals surface area contributed by atoms with Crippen LogP contribution in [0, 0.1) is 6.92 Å². The smallest absolute Gasteiger partial charge is 0.332 e. The molecule has 162 valence electrons. The summed E-state index contributed by atoms with van der Waals surface area (Å²) in [7, 11) is 3.01. The second-order valence-electron chi connectivity index (χ2n) is 7.96. The average Bonchev–Trinajstić information content (AvgIpc) is 3.27. The van der Waals surface area contributed by atoms with E-state index in [1.807, 2.05) is 31.2 Å². The molecule has 0 aliphatic heterocycles. The van der Waals surface area contributed by atoms with Crippen molar-refractivity contribution < 1.29 is 4.79 Å². The fourth-order valence-corrected chi connectivity index (χ4v) is 4.66. The molecule has 3 aromatic rings. The van der Waals surface area contributed by atoms with Crippen LogP contribution in [0.15, 0.2) is 38.9 Å². The lowest BCUT2D eigenvalue weighted by atomic mass is 10.1. The van der Waals surface area contributed by atoms with E-state index in [1.54, 1.807) is 7.05 Å². The standard InChI is InChI=1S/C22H25N5O3S/c1-13-8-10-14(11-9-13)18-24-19-17(21(29)27(3)22(30)26(19)2)20(25-18)31-12-16(28)23-15-6-4-5-7-15/h8-11,15H,4-7,12H2,1-3H3,(H,23,28). The summed E-state index contributed by atoms with van der Waals surface area (Å²) in [5, 5.41) is 3.70. The molecule has 0 bridgehead atoms. The number of carbonyl (C=O) groups excluding carboxylic acids is 1. The van der Waals surface area contributed by atoms with E-state index in [-0.39, 0.29) is 28.7 Å². The molecule has 1 aromatic carbocycles. The van der Waals surface area contributed by atoms with Crippen molar-refractivity contribution in [3.05, 3.63) is 50.7 Å². The van der Waals surface area contributed by atoms with Crippen molar-refractivity contribution in [3.63, 3.8) is 0 Å². The van der Waals surface area contributed by atoms with E-state index in [9.17, 15) is 14.4 Å². The van der Waals surface area contributed by atoms with Gasteiger partial charge in [0, 0.05) is 25.7 Å². The molecular formula is C22H25N5O3S. The molecule has 0 spiro atoms. The zero-order valence-corrected chi connectivity index (χ0v) is 18.7. The van der Waals surface area contributed by atoms with Crippen molar-refractivity contribution in [1.82, 2.24) is 24.4 Å². The molecule has 9 heteroatoms. The van der Waals surface area contributed by atoms with Crippen LogP contribution in [0.4, 0.5) is 0 Å². The molecule has 0 unspecified atom stereocenters. The Morgan fingerprint density at radius 2 is 1.77 bits per heavy atom. The fourth-order valence-electron chi connectivity index (χ4n) is 3.84. The Kier molecular flexibility index (Phi) is 5.95. The molecule has 1 amide bonds. The van der Waals surface area contributed by atoms with Gasteiger partial charge >= 0.3 is 5.69 Å². The number of hydrogen-bond acceptors (Lipinski definition) is 6. The second kappa shape index (κ2) is 8.66. The van der Waals surface area contributed by atoms with E-state index in [4.69, 9.17) is 0 Å². The minimum atomic E-state index is -0.466. The summed E-state index contributed by atoms with van der Waals surface area (Å²) in [6, 6.07) is 7.93. The van der Waals surface area contributed by atoms with Crippen LogP contribution in [-0.2, 0) is 18.9 Å². The zero-order valence-electron chi connectivity index (χ0n) is 17.8. The molecule has 0 saturated heterocycles. The summed E-state index contributed by atoms with van der Waals surface area (Å²) in [6.07, 6.45) is 4.29. The lowest BCUT2D eigenvalue weighted by Crippen LogP contribution is -2.38. The minimum Gasteiger partial charge on any atom is -0.353 e. The van der Waals surface area contributed by atoms with Crippen LogP contribution < -0.4 is 16.6 Å². The molecule has 8 nitrogen and oxygen atoms in total. The van der Waals surface area contributed by atoms with Gasteiger partial charge in [-0.15, -0.1) is 0 Å². The van der Waals surface area contributed by atoms with Crippen LogP contribution in [0.25, 0.3) is 22.4 Å². The summed E-state index contributed by atoms with van der Waals surface area (Å²) in [5.74, 6) is 0.471. The predicted octanol–water partition coefficient (Wildman–Crippen LogP) is 2.15. The number of fused-ring (bicyclic) bond motifs is 1. The van der Waals surface area contributed by atoms with E-state index in [0.717, 1.165) is 41.4 Å². The van der Waals surface area contributed by atoms with Gasteiger partial charge in [-0.05, 0) is 19.8 Å². The highest BCUT2D eigenvalue weighted by Gasteiger charge is 2.21. The average molecular weight is 440 g/mol. The number of rotatable bonds is 5. The van der Waals surface area contributed by atoms with Crippen LogP contribution >= 0.6 is 11.8 Å². The van der Waals surface area contributed by atoms with E-state index in [2.05, 4.69) is 15.3 Å². The van der Waals surface area contributed by atoms with Crippen molar-refractivity contribution >= 4 is 28.7 Å². The summed E-state index contributed by atoms with van der Waals surface area (Å²) >= 11 is 1.20. The van der Waals surface area contributed by atoms with Gasteiger partial charge in [-0.2, -0.15) is 0 Å². The van der Waals surface area contributed by atoms with Crippen LogP contribution in [0.1, 0.15) is 31.2 Å². The van der Waals surface area contributed by atoms with E-state index < -0.39 is 11.2 Å². The van der Waals surface area contributed by atoms with Crippen molar-refractivity contribution in [1.29, 1.82) is 0 Å². The summed E-state index contributed by atoms with van der Waals surface area (Å²) in [6.45, 7) is 1.99. The maximum atomic E-state index is 12.9. The van der Waals surface area contributed by atoms with Crippen LogP contribution in [0.5, 0.6) is 0 Å². The molecule has 4 rings (SSSR count). The summed E-state index contributed by atoms with van der Waals surface area (Å²) in [5.41, 5.74) is 1.22. The number of nitrogens with zero attached hydrogens (tertiary/aromatic N) is 4. The first-order chi connectivity index (χ1) is 14.8. The van der Waals surface area contributed by atoms with Crippen molar-refractivity contribution in [2.75, 3.05) is 5.75 Å². The lowest BCUT2D eigenvalue weighted by Gasteiger charge is -2.13. The number of thioether (sulfide) groups is 1. The van der Waals surface area contributed by atoms with Gasteiger partial charge in [0.1, 0.15) is 10.4 Å². The van der Waals surface area contributed by atoms with Gasteiger partial charge < -0.3 is 5.32 Å². The molecule has 0 radical (unpaired) electrons. The highest BCUT2D eigenvalue weighted by atomic mass is 32.2. The number of aryl methyl sites for hydroxylation is 2. The minimum absolute atomic E-state index is 0.0813. The third-order valence-electron chi connectivity index (χ3n) is 5.64. The van der Waals surface area contributed by atoms with Gasteiger partial charge in [0.05, 0.1) is 5.75 Å². The van der Waals surface area contributed by atoms with Crippen molar-refractivity contribution in [2.24, 2.45) is 14.1 Å². The molecule has 31 heavy (non-hydrogen) atoms. The number of carbonyl (C=O) groups is 1. The van der Waals surface area contributed by atoms with Gasteiger partial charge in [0.25, 0.3) is 5.56 Å². The number of aromatic nitrogens is 4. The fraction of sp³-hybridized carbons (Fsp3) is 0.409. The second-order valence-corrected chi connectivity index (χ2v) is 8.92. The van der Waals surface area contributed by atoms with Gasteiger partial charge in [0.2, 0.25) is 5.91 Å². The Bertz CT molecular complexity index is 1260. The van der Waals surface area contributed by atoms with Gasteiger partial charge in [-0.25, -0.2) is 14.8 Å². The Labute approximate surface area is 183 Å². The Morgan fingerprint density at radius 1 is 1.10 bits per heavy atom. The quantitative estimate of drug-likeness (QED) is 0.483.